The van der Waals surface area contributed by atoms with Crippen LogP contribution >= 0.6 is 15.9 Å². The van der Waals surface area contributed by atoms with E-state index in [0.29, 0.717) is 0 Å². The van der Waals surface area contributed by atoms with Gasteiger partial charge in [-0.1, -0.05) is 80.1 Å². The highest BCUT2D eigenvalue weighted by Crippen LogP contribution is 2.27. The van der Waals surface area contributed by atoms with Crippen molar-refractivity contribution in [2.75, 3.05) is 5.33 Å². The average molecular weight is 261 g/mol. The summed E-state index contributed by atoms with van der Waals surface area (Å²) in [6.45, 7) is 0. The van der Waals surface area contributed by atoms with Gasteiger partial charge in [0.15, 0.2) is 0 Å². The normalized spacial score (nSPS) is 19.5. The summed E-state index contributed by atoms with van der Waals surface area (Å²) in [6, 6.07) is 0. The second kappa shape index (κ2) is 8.76. The minimum Gasteiger partial charge on any atom is -0.0928 e. The standard InChI is InChI=1S/C13H25Br/c14-12-8-4-3-7-11-13-9-5-1-2-6-10-13/h13H,1-12H2. The van der Waals surface area contributed by atoms with Gasteiger partial charge in [0.05, 0.1) is 0 Å². The zero-order valence-corrected chi connectivity index (χ0v) is 11.0. The summed E-state index contributed by atoms with van der Waals surface area (Å²) in [5.41, 5.74) is 0. The van der Waals surface area contributed by atoms with Gasteiger partial charge in [-0.15, -0.1) is 0 Å². The van der Waals surface area contributed by atoms with Crippen LogP contribution in [0.2, 0.25) is 0 Å². The van der Waals surface area contributed by atoms with Gasteiger partial charge >= 0.3 is 0 Å². The zero-order chi connectivity index (χ0) is 10.1. The number of alkyl halides is 1. The summed E-state index contributed by atoms with van der Waals surface area (Å²) in [4.78, 5) is 0. The van der Waals surface area contributed by atoms with E-state index in [0.717, 1.165) is 5.92 Å². The molecule has 0 aromatic carbocycles. The maximum atomic E-state index is 3.49. The smallest absolute Gasteiger partial charge is 0.00313 e. The Hall–Kier alpha value is 0.480. The number of hydrogen-bond donors (Lipinski definition) is 0. The first-order valence-corrected chi connectivity index (χ1v) is 7.61. The van der Waals surface area contributed by atoms with Crippen molar-refractivity contribution in [1.29, 1.82) is 0 Å². The molecule has 0 bridgehead atoms. The van der Waals surface area contributed by atoms with Crippen molar-refractivity contribution in [3.63, 3.8) is 0 Å². The SMILES string of the molecule is BrCCCCCCC1CCCCCC1. The van der Waals surface area contributed by atoms with Crippen molar-refractivity contribution in [2.24, 2.45) is 5.92 Å². The third-order valence-electron chi connectivity index (χ3n) is 3.47. The van der Waals surface area contributed by atoms with E-state index in [4.69, 9.17) is 0 Å². The van der Waals surface area contributed by atoms with Gasteiger partial charge in [-0.2, -0.15) is 0 Å². The van der Waals surface area contributed by atoms with Gasteiger partial charge < -0.3 is 0 Å². The molecule has 0 unspecified atom stereocenters. The average Bonchev–Trinajstić information content (AvgIpc) is 2.46. The van der Waals surface area contributed by atoms with E-state index in [1.165, 1.54) is 76.0 Å². The van der Waals surface area contributed by atoms with Gasteiger partial charge in [0.1, 0.15) is 0 Å². The van der Waals surface area contributed by atoms with Crippen molar-refractivity contribution in [3.05, 3.63) is 0 Å². The molecule has 1 fully saturated rings. The Bertz CT molecular complexity index is 114. The molecular weight excluding hydrogens is 236 g/mol. The van der Waals surface area contributed by atoms with Gasteiger partial charge in [-0.3, -0.25) is 0 Å². The summed E-state index contributed by atoms with van der Waals surface area (Å²) in [7, 11) is 0. The van der Waals surface area contributed by atoms with E-state index >= 15 is 0 Å². The molecule has 0 spiro atoms. The molecule has 0 N–H and O–H groups in total. The first-order chi connectivity index (χ1) is 6.93. The number of unbranched alkanes of at least 4 members (excludes halogenated alkanes) is 3. The highest BCUT2D eigenvalue weighted by atomic mass is 79.9. The lowest BCUT2D eigenvalue weighted by Gasteiger charge is -2.12. The van der Waals surface area contributed by atoms with Gasteiger partial charge in [-0.05, 0) is 12.3 Å². The molecule has 0 radical (unpaired) electrons. The van der Waals surface area contributed by atoms with Crippen LogP contribution in [0.4, 0.5) is 0 Å². The van der Waals surface area contributed by atoms with Crippen molar-refractivity contribution in [2.45, 2.75) is 70.6 Å². The molecule has 1 aliphatic rings. The minimum atomic E-state index is 1.08. The van der Waals surface area contributed by atoms with Crippen LogP contribution in [0.25, 0.3) is 0 Å². The summed E-state index contributed by atoms with van der Waals surface area (Å²) >= 11 is 3.49. The summed E-state index contributed by atoms with van der Waals surface area (Å²) < 4.78 is 0. The topological polar surface area (TPSA) is 0 Å². The highest BCUT2D eigenvalue weighted by Gasteiger charge is 2.11. The Morgan fingerprint density at radius 3 is 2.07 bits per heavy atom. The Morgan fingerprint density at radius 2 is 1.43 bits per heavy atom. The molecule has 0 aromatic rings. The quantitative estimate of drug-likeness (QED) is 0.345. The Balaban J connectivity index is 1.93. The molecule has 0 saturated heterocycles. The molecule has 1 aliphatic carbocycles. The first-order valence-electron chi connectivity index (χ1n) is 6.49. The van der Waals surface area contributed by atoms with Gasteiger partial charge in [0.2, 0.25) is 0 Å². The van der Waals surface area contributed by atoms with Crippen molar-refractivity contribution in [1.82, 2.24) is 0 Å². The number of hydrogen-bond acceptors (Lipinski definition) is 0. The fraction of sp³-hybridized carbons (Fsp3) is 1.00. The van der Waals surface area contributed by atoms with Crippen LogP contribution in [0.3, 0.4) is 0 Å². The van der Waals surface area contributed by atoms with Crippen LogP contribution in [0.5, 0.6) is 0 Å². The minimum absolute atomic E-state index is 1.08. The second-order valence-corrected chi connectivity index (χ2v) is 5.54. The van der Waals surface area contributed by atoms with Crippen LogP contribution in [0.15, 0.2) is 0 Å². The van der Waals surface area contributed by atoms with E-state index < -0.39 is 0 Å². The maximum absolute atomic E-state index is 3.49. The molecule has 0 aliphatic heterocycles. The van der Waals surface area contributed by atoms with E-state index in [9.17, 15) is 0 Å². The highest BCUT2D eigenvalue weighted by molar-refractivity contribution is 9.09. The van der Waals surface area contributed by atoms with E-state index in [1.807, 2.05) is 0 Å². The largest absolute Gasteiger partial charge is 0.0928 e. The molecule has 0 amide bonds. The third kappa shape index (κ3) is 6.06. The Morgan fingerprint density at radius 1 is 0.786 bits per heavy atom. The van der Waals surface area contributed by atoms with Crippen LogP contribution < -0.4 is 0 Å². The van der Waals surface area contributed by atoms with Crippen LogP contribution in [-0.2, 0) is 0 Å². The lowest BCUT2D eigenvalue weighted by molar-refractivity contribution is 0.407. The lowest BCUT2D eigenvalue weighted by atomic mass is 9.94. The molecule has 14 heavy (non-hydrogen) atoms. The Kier molecular flexibility index (Phi) is 7.85. The summed E-state index contributed by atoms with van der Waals surface area (Å²) in [6.07, 6.45) is 16.3. The molecule has 0 nitrogen and oxygen atoms in total. The third-order valence-corrected chi connectivity index (χ3v) is 4.03. The molecule has 0 heterocycles. The molecule has 0 atom stereocenters. The Labute approximate surface area is 98.0 Å². The monoisotopic (exact) mass is 260 g/mol. The second-order valence-electron chi connectivity index (χ2n) is 4.75. The molecule has 1 rings (SSSR count). The summed E-state index contributed by atoms with van der Waals surface area (Å²) in [5, 5.41) is 1.19. The fourth-order valence-corrected chi connectivity index (χ4v) is 2.93. The van der Waals surface area contributed by atoms with Crippen LogP contribution in [0.1, 0.15) is 70.6 Å². The van der Waals surface area contributed by atoms with E-state index in [2.05, 4.69) is 15.9 Å². The fourth-order valence-electron chi connectivity index (χ4n) is 2.53. The van der Waals surface area contributed by atoms with Crippen molar-refractivity contribution >= 4 is 15.9 Å². The van der Waals surface area contributed by atoms with Crippen molar-refractivity contribution in [3.8, 4) is 0 Å². The predicted octanol–water partition coefficient (Wildman–Crippen LogP) is 5.30. The lowest BCUT2D eigenvalue weighted by Crippen LogP contribution is -1.98. The maximum Gasteiger partial charge on any atom is 0.00313 e. The predicted molar refractivity (Wildman–Crippen MR) is 68.1 cm³/mol. The van der Waals surface area contributed by atoms with E-state index in [1.54, 1.807) is 0 Å². The molecule has 1 heteroatoms. The van der Waals surface area contributed by atoms with Crippen LogP contribution in [-0.4, -0.2) is 5.33 Å². The van der Waals surface area contributed by atoms with E-state index in [-0.39, 0.29) is 0 Å². The number of halogens is 1. The molecule has 84 valence electrons. The van der Waals surface area contributed by atoms with Gasteiger partial charge in [0, 0.05) is 5.33 Å². The molecule has 1 saturated carbocycles. The zero-order valence-electron chi connectivity index (χ0n) is 9.44. The summed E-state index contributed by atoms with van der Waals surface area (Å²) in [5.74, 6) is 1.08. The molecule has 0 aromatic heterocycles. The first kappa shape index (κ1) is 12.5. The van der Waals surface area contributed by atoms with Gasteiger partial charge in [-0.25, -0.2) is 0 Å². The molecular formula is C13H25Br. The van der Waals surface area contributed by atoms with Gasteiger partial charge in [0.25, 0.3) is 0 Å². The van der Waals surface area contributed by atoms with Crippen LogP contribution in [0, 0.1) is 5.92 Å². The number of rotatable bonds is 6. The van der Waals surface area contributed by atoms with Crippen molar-refractivity contribution < 1.29 is 0 Å².